The number of piperidine rings is 1. The van der Waals surface area contributed by atoms with Crippen molar-refractivity contribution >= 4 is 11.7 Å². The molecule has 190 valence electrons. The van der Waals surface area contributed by atoms with Gasteiger partial charge in [-0.05, 0) is 30.5 Å². The Labute approximate surface area is 221 Å². The standard InChI is InChI=1S/C30H29N7O/c31-30-26(28-17-27(34-35-28)22-9-5-2-6-10-22)16-23(18-32-30)24-19-33-37(20-24)25-11-13-36(14-12-25)29(38)15-21-7-3-1-4-8-21/h1-10,16-20,25H,11-15H2,(H2,31,32)(H,34,35). The second-order valence-corrected chi connectivity index (χ2v) is 9.67. The third kappa shape index (κ3) is 4.93. The van der Waals surface area contributed by atoms with Crippen molar-refractivity contribution in [3.8, 4) is 33.6 Å². The molecule has 4 heterocycles. The van der Waals surface area contributed by atoms with Crippen LogP contribution in [0.3, 0.4) is 0 Å². The zero-order chi connectivity index (χ0) is 25.9. The molecule has 5 aromatic rings. The van der Waals surface area contributed by atoms with Crippen LogP contribution in [0, 0.1) is 0 Å². The minimum Gasteiger partial charge on any atom is -0.383 e. The minimum atomic E-state index is 0.186. The monoisotopic (exact) mass is 503 g/mol. The number of rotatable bonds is 6. The number of benzene rings is 2. The molecule has 0 unspecified atom stereocenters. The number of likely N-dealkylation sites (tertiary alicyclic amines) is 1. The maximum Gasteiger partial charge on any atom is 0.226 e. The number of nitrogens with two attached hydrogens (primary N) is 1. The molecule has 38 heavy (non-hydrogen) atoms. The zero-order valence-electron chi connectivity index (χ0n) is 21.0. The van der Waals surface area contributed by atoms with Crippen molar-refractivity contribution in [2.75, 3.05) is 18.8 Å². The number of nitrogens with one attached hydrogen (secondary N) is 1. The van der Waals surface area contributed by atoms with Gasteiger partial charge in [-0.25, -0.2) is 4.98 Å². The second kappa shape index (κ2) is 10.3. The van der Waals surface area contributed by atoms with Crippen LogP contribution in [-0.2, 0) is 11.2 Å². The Hall–Kier alpha value is -4.72. The van der Waals surface area contributed by atoms with Gasteiger partial charge in [0.2, 0.25) is 5.91 Å². The van der Waals surface area contributed by atoms with Crippen LogP contribution < -0.4 is 5.73 Å². The quantitative estimate of drug-likeness (QED) is 0.340. The van der Waals surface area contributed by atoms with Crippen molar-refractivity contribution in [2.45, 2.75) is 25.3 Å². The number of pyridine rings is 1. The third-order valence-electron chi connectivity index (χ3n) is 7.18. The molecule has 8 heteroatoms. The lowest BCUT2D eigenvalue weighted by Gasteiger charge is -2.32. The normalized spacial score (nSPS) is 14.1. The van der Waals surface area contributed by atoms with Crippen molar-refractivity contribution in [1.29, 1.82) is 0 Å². The van der Waals surface area contributed by atoms with E-state index in [1.54, 1.807) is 6.20 Å². The summed E-state index contributed by atoms with van der Waals surface area (Å²) in [4.78, 5) is 19.2. The highest BCUT2D eigenvalue weighted by Crippen LogP contribution is 2.31. The predicted molar refractivity (Wildman–Crippen MR) is 148 cm³/mol. The number of hydrogen-bond acceptors (Lipinski definition) is 5. The zero-order valence-corrected chi connectivity index (χ0v) is 21.0. The average Bonchev–Trinajstić information content (AvgIpc) is 3.66. The Kier molecular flexibility index (Phi) is 6.44. The Bertz CT molecular complexity index is 1530. The molecule has 0 atom stereocenters. The van der Waals surface area contributed by atoms with Crippen molar-refractivity contribution in [3.63, 3.8) is 0 Å². The van der Waals surface area contributed by atoms with Crippen molar-refractivity contribution in [1.82, 2.24) is 29.9 Å². The average molecular weight is 504 g/mol. The molecule has 1 saturated heterocycles. The Morgan fingerprint density at radius 2 is 1.66 bits per heavy atom. The van der Waals surface area contributed by atoms with Crippen LogP contribution in [0.25, 0.3) is 33.6 Å². The van der Waals surface area contributed by atoms with Crippen molar-refractivity contribution < 1.29 is 4.79 Å². The SMILES string of the molecule is Nc1ncc(-c2cnn(C3CCN(C(=O)Cc4ccccc4)CC3)c2)cc1-c1cc(-c2ccccc2)n[nH]1. The van der Waals surface area contributed by atoms with Gasteiger partial charge in [0.05, 0.1) is 30.0 Å². The van der Waals surface area contributed by atoms with Gasteiger partial charge in [0.1, 0.15) is 5.82 Å². The first kappa shape index (κ1) is 23.7. The topological polar surface area (TPSA) is 106 Å². The summed E-state index contributed by atoms with van der Waals surface area (Å²) < 4.78 is 2.02. The first-order valence-electron chi connectivity index (χ1n) is 12.9. The van der Waals surface area contributed by atoms with E-state index in [-0.39, 0.29) is 11.9 Å². The lowest BCUT2D eigenvalue weighted by Crippen LogP contribution is -2.39. The van der Waals surface area contributed by atoms with Crippen LogP contribution in [0.1, 0.15) is 24.4 Å². The summed E-state index contributed by atoms with van der Waals surface area (Å²) >= 11 is 0. The summed E-state index contributed by atoms with van der Waals surface area (Å²) in [5.41, 5.74) is 12.7. The van der Waals surface area contributed by atoms with E-state index in [0.717, 1.165) is 65.1 Å². The van der Waals surface area contributed by atoms with Crippen molar-refractivity contribution in [2.24, 2.45) is 0 Å². The predicted octanol–water partition coefficient (Wildman–Crippen LogP) is 4.99. The van der Waals surface area contributed by atoms with Crippen LogP contribution >= 0.6 is 0 Å². The number of carbonyl (C=O) groups is 1. The van der Waals surface area contributed by atoms with E-state index in [9.17, 15) is 4.79 Å². The highest BCUT2D eigenvalue weighted by Gasteiger charge is 2.24. The molecule has 0 aliphatic carbocycles. The van der Waals surface area contributed by atoms with Crippen LogP contribution in [0.15, 0.2) is 91.4 Å². The number of anilines is 1. The highest BCUT2D eigenvalue weighted by atomic mass is 16.2. The van der Waals surface area contributed by atoms with Gasteiger partial charge in [-0.1, -0.05) is 60.7 Å². The van der Waals surface area contributed by atoms with Crippen molar-refractivity contribution in [3.05, 3.63) is 97.0 Å². The molecule has 0 saturated carbocycles. The first-order valence-corrected chi connectivity index (χ1v) is 12.9. The fourth-order valence-electron chi connectivity index (χ4n) is 5.01. The largest absolute Gasteiger partial charge is 0.383 e. The molecule has 1 aliphatic heterocycles. The van der Waals surface area contributed by atoms with Gasteiger partial charge < -0.3 is 10.6 Å². The molecule has 1 amide bonds. The van der Waals surface area contributed by atoms with E-state index in [0.29, 0.717) is 12.2 Å². The van der Waals surface area contributed by atoms with Gasteiger partial charge in [0, 0.05) is 47.7 Å². The van der Waals surface area contributed by atoms with Gasteiger partial charge >= 0.3 is 0 Å². The summed E-state index contributed by atoms with van der Waals surface area (Å²) in [6, 6.07) is 24.2. The molecule has 3 N–H and O–H groups in total. The number of amides is 1. The molecule has 1 aliphatic rings. The fourth-order valence-corrected chi connectivity index (χ4v) is 5.01. The summed E-state index contributed by atoms with van der Waals surface area (Å²) in [7, 11) is 0. The molecule has 0 bridgehead atoms. The minimum absolute atomic E-state index is 0.186. The number of hydrogen-bond donors (Lipinski definition) is 2. The van der Waals surface area contributed by atoms with E-state index in [4.69, 9.17) is 5.73 Å². The van der Waals surface area contributed by atoms with E-state index >= 15 is 0 Å². The van der Waals surface area contributed by atoms with E-state index in [2.05, 4.69) is 26.5 Å². The number of H-pyrrole nitrogens is 1. The van der Waals surface area contributed by atoms with E-state index < -0.39 is 0 Å². The number of aromatic amines is 1. The third-order valence-corrected chi connectivity index (χ3v) is 7.18. The Morgan fingerprint density at radius 3 is 2.42 bits per heavy atom. The van der Waals surface area contributed by atoms with Gasteiger partial charge in [-0.2, -0.15) is 10.2 Å². The summed E-state index contributed by atoms with van der Waals surface area (Å²) in [5, 5.41) is 12.2. The summed E-state index contributed by atoms with van der Waals surface area (Å²) in [6.45, 7) is 1.48. The summed E-state index contributed by atoms with van der Waals surface area (Å²) in [5.74, 6) is 0.627. The van der Waals surface area contributed by atoms with Gasteiger partial charge in [0.25, 0.3) is 0 Å². The highest BCUT2D eigenvalue weighted by molar-refractivity contribution is 5.80. The molecular formula is C30H29N7O. The fraction of sp³-hybridized carbons (Fsp3) is 0.200. The van der Waals surface area contributed by atoms with Gasteiger partial charge in [0.15, 0.2) is 0 Å². The number of nitrogens with zero attached hydrogens (tertiary/aromatic N) is 5. The molecule has 1 fully saturated rings. The molecule has 0 spiro atoms. The molecule has 3 aromatic heterocycles. The maximum atomic E-state index is 12.7. The Morgan fingerprint density at radius 1 is 0.921 bits per heavy atom. The molecule has 2 aromatic carbocycles. The summed E-state index contributed by atoms with van der Waals surface area (Å²) in [6.07, 6.45) is 7.91. The first-order chi connectivity index (χ1) is 18.6. The van der Waals surface area contributed by atoms with Crippen LogP contribution in [0.2, 0.25) is 0 Å². The molecule has 6 rings (SSSR count). The number of carbonyl (C=O) groups excluding carboxylic acids is 1. The van der Waals surface area contributed by atoms with E-state index in [1.165, 1.54) is 0 Å². The lowest BCUT2D eigenvalue weighted by molar-refractivity contribution is -0.131. The second-order valence-electron chi connectivity index (χ2n) is 9.67. The van der Waals surface area contributed by atoms with E-state index in [1.807, 2.05) is 88.6 Å². The van der Waals surface area contributed by atoms with Crippen LogP contribution in [0.5, 0.6) is 0 Å². The van der Waals surface area contributed by atoms with Gasteiger partial charge in [-0.15, -0.1) is 0 Å². The molecule has 0 radical (unpaired) electrons. The smallest absolute Gasteiger partial charge is 0.226 e. The van der Waals surface area contributed by atoms with Gasteiger partial charge in [-0.3, -0.25) is 14.6 Å². The number of nitrogen functional groups attached to an aromatic ring is 1. The number of aromatic nitrogens is 5. The Balaban J connectivity index is 1.14. The molecule has 8 nitrogen and oxygen atoms in total. The van der Waals surface area contributed by atoms with Crippen LogP contribution in [0.4, 0.5) is 5.82 Å². The van der Waals surface area contributed by atoms with Crippen LogP contribution in [-0.4, -0.2) is 48.9 Å². The maximum absolute atomic E-state index is 12.7. The lowest BCUT2D eigenvalue weighted by atomic mass is 10.0. The molecular weight excluding hydrogens is 474 g/mol.